The SMILES string of the molecule is CCCc1nc(Cl)c(C)c(-c2ccccc2OC(C)C)n1. The Morgan fingerprint density at radius 2 is 1.90 bits per heavy atom. The first kappa shape index (κ1) is 15.8. The average molecular weight is 305 g/mol. The predicted molar refractivity (Wildman–Crippen MR) is 87.0 cm³/mol. The third-order valence-electron chi connectivity index (χ3n) is 3.11. The van der Waals surface area contributed by atoms with Crippen molar-refractivity contribution < 1.29 is 4.74 Å². The quantitative estimate of drug-likeness (QED) is 0.741. The third-order valence-corrected chi connectivity index (χ3v) is 3.48. The lowest BCUT2D eigenvalue weighted by Crippen LogP contribution is -2.07. The van der Waals surface area contributed by atoms with E-state index in [2.05, 4.69) is 16.9 Å². The van der Waals surface area contributed by atoms with Crippen LogP contribution in [0.4, 0.5) is 0 Å². The van der Waals surface area contributed by atoms with Gasteiger partial charge in [-0.05, 0) is 39.3 Å². The van der Waals surface area contributed by atoms with Crippen molar-refractivity contribution in [3.8, 4) is 17.0 Å². The molecule has 0 atom stereocenters. The van der Waals surface area contributed by atoms with Crippen LogP contribution < -0.4 is 4.74 Å². The molecule has 0 saturated heterocycles. The first-order valence-corrected chi connectivity index (χ1v) is 7.69. The number of hydrogen-bond acceptors (Lipinski definition) is 3. The van der Waals surface area contributed by atoms with Gasteiger partial charge in [-0.15, -0.1) is 0 Å². The number of hydrogen-bond donors (Lipinski definition) is 0. The monoisotopic (exact) mass is 304 g/mol. The van der Waals surface area contributed by atoms with E-state index in [9.17, 15) is 0 Å². The largest absolute Gasteiger partial charge is 0.490 e. The maximum atomic E-state index is 6.27. The molecule has 112 valence electrons. The molecule has 0 aliphatic carbocycles. The van der Waals surface area contributed by atoms with Gasteiger partial charge in [0, 0.05) is 17.5 Å². The van der Waals surface area contributed by atoms with Gasteiger partial charge in [0.05, 0.1) is 11.8 Å². The standard InChI is InChI=1S/C17H21ClN2O/c1-5-8-15-19-16(12(4)17(18)20-15)13-9-6-7-10-14(13)21-11(2)3/h6-7,9-11H,5,8H2,1-4H3. The van der Waals surface area contributed by atoms with E-state index < -0.39 is 0 Å². The van der Waals surface area contributed by atoms with Crippen LogP contribution in [-0.2, 0) is 6.42 Å². The van der Waals surface area contributed by atoms with Gasteiger partial charge in [-0.25, -0.2) is 9.97 Å². The maximum Gasteiger partial charge on any atom is 0.136 e. The van der Waals surface area contributed by atoms with Crippen LogP contribution >= 0.6 is 11.6 Å². The Balaban J connectivity index is 2.55. The van der Waals surface area contributed by atoms with Crippen LogP contribution in [0.25, 0.3) is 11.3 Å². The molecule has 1 heterocycles. The normalized spacial score (nSPS) is 11.0. The number of nitrogens with zero attached hydrogens (tertiary/aromatic N) is 2. The van der Waals surface area contributed by atoms with Gasteiger partial charge in [-0.2, -0.15) is 0 Å². The molecule has 1 aromatic carbocycles. The highest BCUT2D eigenvalue weighted by molar-refractivity contribution is 6.30. The van der Waals surface area contributed by atoms with E-state index >= 15 is 0 Å². The fraction of sp³-hybridized carbons (Fsp3) is 0.412. The number of para-hydroxylation sites is 1. The summed E-state index contributed by atoms with van der Waals surface area (Å²) in [6, 6.07) is 7.92. The molecule has 2 rings (SSSR count). The Morgan fingerprint density at radius 3 is 2.57 bits per heavy atom. The Bertz CT molecular complexity index is 626. The van der Waals surface area contributed by atoms with Crippen LogP contribution in [-0.4, -0.2) is 16.1 Å². The molecule has 4 heteroatoms. The lowest BCUT2D eigenvalue weighted by Gasteiger charge is -2.16. The number of aromatic nitrogens is 2. The summed E-state index contributed by atoms with van der Waals surface area (Å²) < 4.78 is 5.89. The molecule has 3 nitrogen and oxygen atoms in total. The molecule has 0 amide bonds. The van der Waals surface area contributed by atoms with E-state index in [1.165, 1.54) is 0 Å². The summed E-state index contributed by atoms with van der Waals surface area (Å²) in [5, 5.41) is 0.516. The highest BCUT2D eigenvalue weighted by Gasteiger charge is 2.15. The maximum absolute atomic E-state index is 6.27. The molecule has 0 spiro atoms. The van der Waals surface area contributed by atoms with Crippen LogP contribution in [0, 0.1) is 6.92 Å². The number of rotatable bonds is 5. The second-order valence-electron chi connectivity index (χ2n) is 5.32. The summed E-state index contributed by atoms with van der Waals surface area (Å²) in [6.45, 7) is 8.07. The molecule has 2 aromatic rings. The summed E-state index contributed by atoms with van der Waals surface area (Å²) in [5.41, 5.74) is 2.70. The van der Waals surface area contributed by atoms with Gasteiger partial charge in [0.1, 0.15) is 16.7 Å². The summed E-state index contributed by atoms with van der Waals surface area (Å²) in [5.74, 6) is 1.61. The van der Waals surface area contributed by atoms with E-state index in [-0.39, 0.29) is 6.10 Å². The molecular formula is C17H21ClN2O. The minimum Gasteiger partial charge on any atom is -0.490 e. The van der Waals surface area contributed by atoms with E-state index in [0.717, 1.165) is 41.2 Å². The molecular weight excluding hydrogens is 284 g/mol. The zero-order valence-electron chi connectivity index (χ0n) is 13.0. The van der Waals surface area contributed by atoms with Crippen molar-refractivity contribution in [3.63, 3.8) is 0 Å². The highest BCUT2D eigenvalue weighted by atomic mass is 35.5. The van der Waals surface area contributed by atoms with Crippen molar-refractivity contribution in [2.24, 2.45) is 0 Å². The molecule has 0 fully saturated rings. The zero-order valence-corrected chi connectivity index (χ0v) is 13.7. The lowest BCUT2D eigenvalue weighted by atomic mass is 10.1. The van der Waals surface area contributed by atoms with Crippen molar-refractivity contribution in [2.75, 3.05) is 0 Å². The molecule has 0 aliphatic rings. The van der Waals surface area contributed by atoms with Crippen LogP contribution in [0.1, 0.15) is 38.6 Å². The topological polar surface area (TPSA) is 35.0 Å². The van der Waals surface area contributed by atoms with Crippen molar-refractivity contribution >= 4 is 11.6 Å². The summed E-state index contributed by atoms with van der Waals surface area (Å²) >= 11 is 6.27. The number of ether oxygens (including phenoxy) is 1. The highest BCUT2D eigenvalue weighted by Crippen LogP contribution is 2.33. The van der Waals surface area contributed by atoms with E-state index in [0.29, 0.717) is 5.15 Å². The number of halogens is 1. The van der Waals surface area contributed by atoms with Crippen molar-refractivity contribution in [1.29, 1.82) is 0 Å². The summed E-state index contributed by atoms with van der Waals surface area (Å²) in [6.07, 6.45) is 1.92. The summed E-state index contributed by atoms with van der Waals surface area (Å²) in [4.78, 5) is 9.04. The van der Waals surface area contributed by atoms with Crippen LogP contribution in [0.3, 0.4) is 0 Å². The Labute approximate surface area is 131 Å². The van der Waals surface area contributed by atoms with Crippen molar-refractivity contribution in [1.82, 2.24) is 9.97 Å². The molecule has 0 N–H and O–H groups in total. The minimum absolute atomic E-state index is 0.110. The van der Waals surface area contributed by atoms with Gasteiger partial charge < -0.3 is 4.74 Å². The molecule has 0 radical (unpaired) electrons. The van der Waals surface area contributed by atoms with Gasteiger partial charge in [0.25, 0.3) is 0 Å². The molecule has 0 bridgehead atoms. The molecule has 1 aromatic heterocycles. The predicted octanol–water partition coefficient (Wildman–Crippen LogP) is 4.85. The summed E-state index contributed by atoms with van der Waals surface area (Å²) in [7, 11) is 0. The first-order valence-electron chi connectivity index (χ1n) is 7.32. The second-order valence-corrected chi connectivity index (χ2v) is 5.68. The molecule has 0 saturated carbocycles. The van der Waals surface area contributed by atoms with Crippen molar-refractivity contribution in [2.45, 2.75) is 46.6 Å². The Morgan fingerprint density at radius 1 is 1.19 bits per heavy atom. The van der Waals surface area contributed by atoms with Crippen LogP contribution in [0.5, 0.6) is 5.75 Å². The van der Waals surface area contributed by atoms with E-state index in [1.807, 2.05) is 45.0 Å². The van der Waals surface area contributed by atoms with Gasteiger partial charge in [-0.1, -0.05) is 30.7 Å². The first-order chi connectivity index (χ1) is 10.0. The van der Waals surface area contributed by atoms with Gasteiger partial charge in [0.2, 0.25) is 0 Å². The average Bonchev–Trinajstić information content (AvgIpc) is 2.43. The second kappa shape index (κ2) is 6.90. The van der Waals surface area contributed by atoms with E-state index in [1.54, 1.807) is 0 Å². The smallest absolute Gasteiger partial charge is 0.136 e. The zero-order chi connectivity index (χ0) is 15.4. The van der Waals surface area contributed by atoms with Crippen LogP contribution in [0.15, 0.2) is 24.3 Å². The third kappa shape index (κ3) is 3.73. The van der Waals surface area contributed by atoms with Crippen molar-refractivity contribution in [3.05, 3.63) is 40.8 Å². The Kier molecular flexibility index (Phi) is 5.18. The van der Waals surface area contributed by atoms with Gasteiger partial charge in [0.15, 0.2) is 0 Å². The fourth-order valence-corrected chi connectivity index (χ4v) is 2.34. The van der Waals surface area contributed by atoms with E-state index in [4.69, 9.17) is 16.3 Å². The van der Waals surface area contributed by atoms with Gasteiger partial charge in [-0.3, -0.25) is 0 Å². The van der Waals surface area contributed by atoms with Gasteiger partial charge >= 0.3 is 0 Å². The number of aryl methyl sites for hydroxylation is 1. The number of benzene rings is 1. The fourth-order valence-electron chi connectivity index (χ4n) is 2.15. The molecule has 0 unspecified atom stereocenters. The Hall–Kier alpha value is -1.61. The minimum atomic E-state index is 0.110. The molecule has 0 aliphatic heterocycles. The molecule has 21 heavy (non-hydrogen) atoms. The lowest BCUT2D eigenvalue weighted by molar-refractivity contribution is 0.243. The van der Waals surface area contributed by atoms with Crippen LogP contribution in [0.2, 0.25) is 5.15 Å².